The molecule has 0 atom stereocenters. The second kappa shape index (κ2) is 16.4. The van der Waals surface area contributed by atoms with Gasteiger partial charge in [-0.05, 0) is 100 Å². The van der Waals surface area contributed by atoms with E-state index >= 15 is 0 Å². The first-order valence-electron chi connectivity index (χ1n) is 25.9. The quantitative estimate of drug-likeness (QED) is 0.167. The highest BCUT2D eigenvalue weighted by atomic mass is 16.5. The fourth-order valence-electron chi connectivity index (χ4n) is 12.8. The van der Waals surface area contributed by atoms with Crippen molar-refractivity contribution >= 4 is 43.6 Å². The number of benzene rings is 11. The largest absolute Gasteiger partial charge is 0.457 e. The van der Waals surface area contributed by atoms with Gasteiger partial charge in [0.1, 0.15) is 11.5 Å². The molecule has 0 bridgehead atoms. The average Bonchev–Trinajstić information content (AvgIpc) is 4.21. The lowest BCUT2D eigenvalue weighted by atomic mass is 9.65. The Balaban J connectivity index is 1.01. The molecule has 0 unspecified atom stereocenters. The first-order valence-corrected chi connectivity index (χ1v) is 25.9. The molecular formula is C70H43N5O. The van der Waals surface area contributed by atoms with E-state index in [1.54, 1.807) is 0 Å². The number of aromatic nitrogens is 5. The molecule has 0 N–H and O–H groups in total. The Kier molecular flexibility index (Phi) is 9.15. The first kappa shape index (κ1) is 42.3. The smallest absolute Gasteiger partial charge is 0.164 e. The van der Waals surface area contributed by atoms with Gasteiger partial charge in [0.2, 0.25) is 0 Å². The molecule has 1 spiro atoms. The van der Waals surface area contributed by atoms with Crippen LogP contribution in [-0.2, 0) is 5.41 Å². The van der Waals surface area contributed by atoms with Crippen molar-refractivity contribution in [2.24, 2.45) is 0 Å². The minimum Gasteiger partial charge on any atom is -0.457 e. The summed E-state index contributed by atoms with van der Waals surface area (Å²) < 4.78 is 11.7. The van der Waals surface area contributed by atoms with Crippen LogP contribution in [0.5, 0.6) is 11.5 Å². The molecule has 2 aliphatic rings. The third-order valence-electron chi connectivity index (χ3n) is 15.8. The van der Waals surface area contributed by atoms with E-state index in [4.69, 9.17) is 19.7 Å². The predicted octanol–water partition coefficient (Wildman–Crippen LogP) is 17.2. The second-order valence-corrected chi connectivity index (χ2v) is 19.8. The summed E-state index contributed by atoms with van der Waals surface area (Å²) >= 11 is 0. The van der Waals surface area contributed by atoms with Crippen molar-refractivity contribution < 1.29 is 4.74 Å². The number of hydrogen-bond donors (Lipinski definition) is 0. The third-order valence-corrected chi connectivity index (χ3v) is 15.8. The number of nitrogens with zero attached hydrogens (tertiary/aromatic N) is 5. The van der Waals surface area contributed by atoms with Gasteiger partial charge in [-0.15, -0.1) is 0 Å². The zero-order valence-electron chi connectivity index (χ0n) is 41.0. The number of para-hydroxylation sites is 5. The van der Waals surface area contributed by atoms with Crippen LogP contribution in [0.3, 0.4) is 0 Å². The number of hydrogen-bond acceptors (Lipinski definition) is 4. The number of ether oxygens (including phenoxy) is 1. The number of fused-ring (bicyclic) bond motifs is 16. The van der Waals surface area contributed by atoms with Gasteiger partial charge in [0.25, 0.3) is 0 Å². The van der Waals surface area contributed by atoms with Crippen molar-refractivity contribution in [1.29, 1.82) is 0 Å². The summed E-state index contributed by atoms with van der Waals surface area (Å²) in [6.07, 6.45) is 0. The molecule has 3 aromatic heterocycles. The minimum absolute atomic E-state index is 0.605. The predicted molar refractivity (Wildman–Crippen MR) is 308 cm³/mol. The van der Waals surface area contributed by atoms with Crippen molar-refractivity contribution in [1.82, 2.24) is 24.1 Å². The Morgan fingerprint density at radius 1 is 0.316 bits per heavy atom. The summed E-state index contributed by atoms with van der Waals surface area (Å²) in [6, 6.07) is 93.2. The summed E-state index contributed by atoms with van der Waals surface area (Å²) in [5.74, 6) is 3.47. The highest BCUT2D eigenvalue weighted by Gasteiger charge is 2.53. The Morgan fingerprint density at radius 2 is 0.776 bits per heavy atom. The molecule has 1 aliphatic heterocycles. The van der Waals surface area contributed by atoms with Gasteiger partial charge < -0.3 is 13.9 Å². The highest BCUT2D eigenvalue weighted by molar-refractivity contribution is 6.29. The summed E-state index contributed by atoms with van der Waals surface area (Å²) in [6.45, 7) is 0. The maximum atomic E-state index is 6.89. The maximum absolute atomic E-state index is 6.89. The molecule has 11 aromatic carbocycles. The highest BCUT2D eigenvalue weighted by Crippen LogP contribution is 2.65. The van der Waals surface area contributed by atoms with E-state index < -0.39 is 5.41 Å². The van der Waals surface area contributed by atoms with Crippen LogP contribution >= 0.6 is 0 Å². The van der Waals surface area contributed by atoms with Crippen molar-refractivity contribution in [2.75, 3.05) is 0 Å². The molecule has 6 heteroatoms. The molecule has 1 aliphatic carbocycles. The molecule has 4 heterocycles. The normalized spacial score (nSPS) is 12.9. The zero-order chi connectivity index (χ0) is 49.9. The van der Waals surface area contributed by atoms with Crippen LogP contribution in [0.4, 0.5) is 0 Å². The first-order chi connectivity index (χ1) is 37.7. The van der Waals surface area contributed by atoms with E-state index in [9.17, 15) is 0 Å². The number of rotatable bonds is 6. The maximum Gasteiger partial charge on any atom is 0.164 e. The minimum atomic E-state index is -0.825. The van der Waals surface area contributed by atoms with Gasteiger partial charge in [-0.25, -0.2) is 15.0 Å². The fraction of sp³-hybridized carbons (Fsp3) is 0.0143. The van der Waals surface area contributed by atoms with Crippen LogP contribution in [0.25, 0.3) is 111 Å². The summed E-state index contributed by atoms with van der Waals surface area (Å²) in [7, 11) is 0. The van der Waals surface area contributed by atoms with Gasteiger partial charge >= 0.3 is 0 Å². The molecule has 76 heavy (non-hydrogen) atoms. The lowest BCUT2D eigenvalue weighted by Gasteiger charge is -2.40. The van der Waals surface area contributed by atoms with Gasteiger partial charge in [0.05, 0.1) is 27.5 Å². The van der Waals surface area contributed by atoms with Crippen molar-refractivity contribution in [2.45, 2.75) is 5.41 Å². The average molecular weight is 970 g/mol. The fourth-order valence-corrected chi connectivity index (χ4v) is 12.8. The van der Waals surface area contributed by atoms with E-state index in [1.165, 1.54) is 43.7 Å². The lowest BCUT2D eigenvalue weighted by molar-refractivity contribution is 0.436. The standard InChI is InChI=1S/C70H43N5O/c1-5-21-44(22-6-1)67-71-68(45-23-7-2-8-24-45)73-69(72-67)52-32-19-31-51-63-49(30-20-35-56(63)70(66(51)52)54-33-14-17-37-61(54)76-62-38-18-15-34-55(62)70)46-39-40-58-53(43-46)65-60(75(58)48-27-11-4-12-28-48)42-41-59-64(65)50-29-13-16-36-57(50)74(59)47-25-9-3-10-26-47/h1-43H. The summed E-state index contributed by atoms with van der Waals surface area (Å²) in [5.41, 5.74) is 17.8. The monoisotopic (exact) mass is 969 g/mol. The summed E-state index contributed by atoms with van der Waals surface area (Å²) in [5, 5.41) is 4.86. The van der Waals surface area contributed by atoms with Gasteiger partial charge in [-0.3, -0.25) is 0 Å². The van der Waals surface area contributed by atoms with Crippen LogP contribution in [0.1, 0.15) is 22.3 Å². The van der Waals surface area contributed by atoms with E-state index in [1.807, 2.05) is 36.4 Å². The Morgan fingerprint density at radius 3 is 1.41 bits per heavy atom. The molecule has 0 radical (unpaired) electrons. The van der Waals surface area contributed by atoms with Crippen LogP contribution < -0.4 is 4.74 Å². The second-order valence-electron chi connectivity index (χ2n) is 19.8. The van der Waals surface area contributed by atoms with E-state index in [0.717, 1.165) is 84.0 Å². The van der Waals surface area contributed by atoms with Gasteiger partial charge in [-0.2, -0.15) is 0 Å². The molecule has 6 nitrogen and oxygen atoms in total. The molecule has 0 amide bonds. The third kappa shape index (κ3) is 6.01. The van der Waals surface area contributed by atoms with Crippen LogP contribution in [0, 0.1) is 0 Å². The zero-order valence-corrected chi connectivity index (χ0v) is 41.0. The van der Waals surface area contributed by atoms with Crippen LogP contribution in [0.2, 0.25) is 0 Å². The molecule has 0 fully saturated rings. The van der Waals surface area contributed by atoms with Gasteiger partial charge in [0.15, 0.2) is 17.5 Å². The SMILES string of the molecule is c1ccc(-c2nc(-c3ccccc3)nc(-c3cccc4c3C3(c5ccccc5Oc5ccccc53)c3cccc(-c5ccc6c(c5)c5c7c8ccccc8n(-c8ccccc8)c7ccc5n6-c5ccccc5)c3-4)n2)cc1. The molecule has 14 aromatic rings. The molecule has 354 valence electrons. The molecule has 0 saturated heterocycles. The molecule has 16 rings (SSSR count). The Bertz CT molecular complexity index is 4550. The van der Waals surface area contributed by atoms with Gasteiger partial charge in [-0.1, -0.05) is 194 Å². The summed E-state index contributed by atoms with van der Waals surface area (Å²) in [4.78, 5) is 16.0. The van der Waals surface area contributed by atoms with Crippen LogP contribution in [-0.4, -0.2) is 24.1 Å². The van der Waals surface area contributed by atoms with Crippen molar-refractivity contribution in [3.63, 3.8) is 0 Å². The van der Waals surface area contributed by atoms with E-state index in [2.05, 4.69) is 234 Å². The van der Waals surface area contributed by atoms with Crippen molar-refractivity contribution in [3.05, 3.63) is 283 Å². The van der Waals surface area contributed by atoms with Crippen LogP contribution in [0.15, 0.2) is 261 Å². The lowest BCUT2D eigenvalue weighted by Crippen LogP contribution is -2.32. The Hall–Kier alpha value is -10.2. The molecule has 0 saturated carbocycles. The molecular weight excluding hydrogens is 927 g/mol. The Labute approximate surface area is 438 Å². The van der Waals surface area contributed by atoms with E-state index in [-0.39, 0.29) is 0 Å². The van der Waals surface area contributed by atoms with E-state index in [0.29, 0.717) is 17.5 Å². The van der Waals surface area contributed by atoms with Crippen molar-refractivity contribution in [3.8, 4) is 79.3 Å². The van der Waals surface area contributed by atoms with Gasteiger partial charge in [0, 0.05) is 60.7 Å². The topological polar surface area (TPSA) is 57.8 Å².